The van der Waals surface area contributed by atoms with Crippen molar-refractivity contribution in [1.29, 1.82) is 0 Å². The molecule has 0 radical (unpaired) electrons. The Morgan fingerprint density at radius 1 is 0.164 bits per heavy atom. The summed E-state index contributed by atoms with van der Waals surface area (Å²) in [6.07, 6.45) is 0. The van der Waals surface area contributed by atoms with Gasteiger partial charge in [-0.1, -0.05) is 212 Å². The third kappa shape index (κ3) is 7.98. The van der Waals surface area contributed by atoms with Crippen molar-refractivity contribution in [2.75, 3.05) is 0 Å². The Balaban J connectivity index is 1.09. The second-order valence-corrected chi connectivity index (χ2v) is 20.0. The predicted octanol–water partition coefficient (Wildman–Crippen LogP) is 19.7. The SMILES string of the molecule is c1ccc(-c2ccc(-c3ccc(-c4c(-c5ccccc5)c(-c5ccccc5)c(-c5ccc(-c6ccc(-c7ccccc7)s6)cc5)c5cc(-c6ccc(-c7ccccc7)s6)ccc45)cc3)s2)cc1. The molecule has 0 amide bonds. The first-order valence-corrected chi connectivity index (χ1v) is 25.1. The molecule has 0 spiro atoms. The van der Waals surface area contributed by atoms with E-state index in [0.717, 1.165) is 0 Å². The third-order valence-electron chi connectivity index (χ3n) is 12.6. The van der Waals surface area contributed by atoms with Crippen LogP contribution in [-0.4, -0.2) is 0 Å². The highest BCUT2D eigenvalue weighted by Crippen LogP contribution is 2.52. The fourth-order valence-corrected chi connectivity index (χ4v) is 12.4. The van der Waals surface area contributed by atoms with Gasteiger partial charge >= 0.3 is 0 Å². The molecule has 9 aromatic carbocycles. The van der Waals surface area contributed by atoms with Gasteiger partial charge in [-0.2, -0.15) is 0 Å². The van der Waals surface area contributed by atoms with Crippen LogP contribution in [0, 0.1) is 0 Å². The second-order valence-electron chi connectivity index (χ2n) is 16.7. The molecule has 3 heterocycles. The van der Waals surface area contributed by atoms with Crippen molar-refractivity contribution < 1.29 is 0 Å². The minimum absolute atomic E-state index is 1.19. The number of thiophene rings is 3. The molecule has 3 aromatic heterocycles. The highest BCUT2D eigenvalue weighted by atomic mass is 32.1. The smallest absolute Gasteiger partial charge is 0.0349 e. The fourth-order valence-electron chi connectivity index (χ4n) is 9.38. The van der Waals surface area contributed by atoms with E-state index in [1.807, 2.05) is 34.0 Å². The Bertz CT molecular complexity index is 3620. The van der Waals surface area contributed by atoms with E-state index in [1.54, 1.807) is 0 Å². The largest absolute Gasteiger partial charge is 0.135 e. The van der Waals surface area contributed by atoms with Crippen LogP contribution in [0.2, 0.25) is 0 Å². The van der Waals surface area contributed by atoms with Crippen molar-refractivity contribution in [2.24, 2.45) is 0 Å². The molecule has 12 aromatic rings. The molecule has 3 heteroatoms. The number of fused-ring (bicyclic) bond motifs is 1. The summed E-state index contributed by atoms with van der Waals surface area (Å²) in [7, 11) is 0. The van der Waals surface area contributed by atoms with Crippen molar-refractivity contribution >= 4 is 44.8 Å². The molecule has 12 rings (SSSR count). The van der Waals surface area contributed by atoms with Crippen molar-refractivity contribution in [3.05, 3.63) is 255 Å². The van der Waals surface area contributed by atoms with E-state index in [1.165, 1.54) is 118 Å². The summed E-state index contributed by atoms with van der Waals surface area (Å²) in [6.45, 7) is 0. The van der Waals surface area contributed by atoms with E-state index in [4.69, 9.17) is 0 Å². The van der Waals surface area contributed by atoms with Gasteiger partial charge in [-0.3, -0.25) is 0 Å². The van der Waals surface area contributed by atoms with Crippen molar-refractivity contribution in [2.45, 2.75) is 0 Å². The first kappa shape index (κ1) is 40.8. The van der Waals surface area contributed by atoms with Gasteiger partial charge in [-0.25, -0.2) is 0 Å². The molecule has 0 nitrogen and oxygen atoms in total. The van der Waals surface area contributed by atoms with Crippen LogP contribution in [0.15, 0.2) is 255 Å². The molecule has 0 saturated heterocycles. The first-order chi connectivity index (χ1) is 33.2. The summed E-state index contributed by atoms with van der Waals surface area (Å²) in [5.41, 5.74) is 17.1. The topological polar surface area (TPSA) is 0 Å². The molecule has 0 N–H and O–H groups in total. The molecule has 0 aliphatic carbocycles. The quantitative estimate of drug-likeness (QED) is 0.128. The molecule has 0 aliphatic heterocycles. The van der Waals surface area contributed by atoms with Crippen LogP contribution < -0.4 is 0 Å². The van der Waals surface area contributed by atoms with E-state index in [2.05, 4.69) is 255 Å². The Labute approximate surface area is 404 Å². The zero-order valence-corrected chi connectivity index (χ0v) is 38.9. The Morgan fingerprint density at radius 2 is 0.403 bits per heavy atom. The molecule has 0 atom stereocenters. The maximum Gasteiger partial charge on any atom is 0.0349 e. The lowest BCUT2D eigenvalue weighted by molar-refractivity contribution is 1.57. The average Bonchev–Trinajstić information content (AvgIpc) is 4.23. The summed E-state index contributed by atoms with van der Waals surface area (Å²) in [5.74, 6) is 0. The Kier molecular flexibility index (Phi) is 10.9. The number of rotatable bonds is 10. The summed E-state index contributed by atoms with van der Waals surface area (Å²) < 4.78 is 0. The lowest BCUT2D eigenvalue weighted by Crippen LogP contribution is -1.98. The molecule has 0 aliphatic rings. The highest BCUT2D eigenvalue weighted by Gasteiger charge is 2.25. The van der Waals surface area contributed by atoms with E-state index < -0.39 is 0 Å². The average molecular weight is 907 g/mol. The number of benzene rings is 9. The minimum Gasteiger partial charge on any atom is -0.135 e. The lowest BCUT2D eigenvalue weighted by Gasteiger charge is -2.25. The van der Waals surface area contributed by atoms with Gasteiger partial charge in [0.15, 0.2) is 0 Å². The van der Waals surface area contributed by atoms with Crippen LogP contribution in [0.5, 0.6) is 0 Å². The zero-order chi connectivity index (χ0) is 44.5. The molecule has 0 fully saturated rings. The van der Waals surface area contributed by atoms with Crippen molar-refractivity contribution in [1.82, 2.24) is 0 Å². The normalized spacial score (nSPS) is 11.3. The van der Waals surface area contributed by atoms with Crippen LogP contribution in [0.3, 0.4) is 0 Å². The van der Waals surface area contributed by atoms with Gasteiger partial charge in [-0.05, 0) is 131 Å². The van der Waals surface area contributed by atoms with E-state index in [9.17, 15) is 0 Å². The zero-order valence-electron chi connectivity index (χ0n) is 36.5. The first-order valence-electron chi connectivity index (χ1n) is 22.6. The third-order valence-corrected chi connectivity index (χ3v) is 16.2. The van der Waals surface area contributed by atoms with Gasteiger partial charge in [0.2, 0.25) is 0 Å². The molecular weight excluding hydrogens is 865 g/mol. The molecule has 316 valence electrons. The highest BCUT2D eigenvalue weighted by molar-refractivity contribution is 7.19. The van der Waals surface area contributed by atoms with Gasteiger partial charge in [-0.15, -0.1) is 34.0 Å². The molecule has 0 unspecified atom stereocenters. The Hall–Kier alpha value is -7.66. The predicted molar refractivity (Wildman–Crippen MR) is 292 cm³/mol. The van der Waals surface area contributed by atoms with Gasteiger partial charge in [0, 0.05) is 29.3 Å². The second kappa shape index (κ2) is 18.0. The maximum absolute atomic E-state index is 2.46. The van der Waals surface area contributed by atoms with Gasteiger partial charge in [0.05, 0.1) is 0 Å². The molecule has 67 heavy (non-hydrogen) atoms. The van der Waals surface area contributed by atoms with Gasteiger partial charge in [0.1, 0.15) is 0 Å². The monoisotopic (exact) mass is 906 g/mol. The van der Waals surface area contributed by atoms with Gasteiger partial charge in [0.25, 0.3) is 0 Å². The van der Waals surface area contributed by atoms with E-state index >= 15 is 0 Å². The van der Waals surface area contributed by atoms with Crippen LogP contribution in [0.1, 0.15) is 0 Å². The maximum atomic E-state index is 2.46. The van der Waals surface area contributed by atoms with Crippen LogP contribution >= 0.6 is 34.0 Å². The number of hydrogen-bond donors (Lipinski definition) is 0. The van der Waals surface area contributed by atoms with Crippen molar-refractivity contribution in [3.8, 4) is 107 Å². The summed E-state index contributed by atoms with van der Waals surface area (Å²) in [6, 6.07) is 93.5. The number of hydrogen-bond acceptors (Lipinski definition) is 3. The Morgan fingerprint density at radius 3 is 0.746 bits per heavy atom. The van der Waals surface area contributed by atoms with Crippen LogP contribution in [0.25, 0.3) is 118 Å². The summed E-state index contributed by atoms with van der Waals surface area (Å²) >= 11 is 5.54. The van der Waals surface area contributed by atoms with Gasteiger partial charge < -0.3 is 0 Å². The van der Waals surface area contributed by atoms with E-state index in [-0.39, 0.29) is 0 Å². The molecule has 0 saturated carbocycles. The van der Waals surface area contributed by atoms with Crippen LogP contribution in [0.4, 0.5) is 0 Å². The lowest BCUT2D eigenvalue weighted by atomic mass is 9.78. The van der Waals surface area contributed by atoms with Crippen molar-refractivity contribution in [3.63, 3.8) is 0 Å². The summed E-state index contributed by atoms with van der Waals surface area (Å²) in [5, 5.41) is 2.45. The molecule has 0 bridgehead atoms. The summed E-state index contributed by atoms with van der Waals surface area (Å²) in [4.78, 5) is 7.59. The molecular formula is C64H42S3. The van der Waals surface area contributed by atoms with Crippen LogP contribution in [-0.2, 0) is 0 Å². The minimum atomic E-state index is 1.19. The van der Waals surface area contributed by atoms with E-state index in [0.29, 0.717) is 0 Å². The standard InChI is InChI=1S/C64H42S3/c1-6-16-43(17-7-1)55-36-38-58(65-55)46-26-30-50(31-27-46)61-53-35-34-52(60-41-40-57(67-60)45-20-10-3-11-21-45)42-54(53)62(64(49-24-14-5-15-25-49)63(61)48-22-12-4-13-23-48)51-32-28-47(29-33-51)59-39-37-56(66-59)44-18-8-2-9-19-44/h1-42H. The fraction of sp³-hybridized carbons (Fsp3) is 0.